The van der Waals surface area contributed by atoms with E-state index in [1.54, 1.807) is 18.2 Å². The number of carbonyl (C=O) groups is 1. The van der Waals surface area contributed by atoms with Gasteiger partial charge in [0.15, 0.2) is 5.78 Å². The summed E-state index contributed by atoms with van der Waals surface area (Å²) in [6.07, 6.45) is 0. The van der Waals surface area contributed by atoms with Crippen LogP contribution in [0.2, 0.25) is 5.02 Å². The zero-order valence-corrected chi connectivity index (χ0v) is 11.5. The van der Waals surface area contributed by atoms with Gasteiger partial charge in [0.2, 0.25) is 0 Å². The Hall–Kier alpha value is -0.900. The molecule has 18 heavy (non-hydrogen) atoms. The highest BCUT2D eigenvalue weighted by molar-refractivity contribution is 6.31. The fourth-order valence-corrected chi connectivity index (χ4v) is 2.30. The van der Waals surface area contributed by atoms with Gasteiger partial charge in [0.05, 0.1) is 19.8 Å². The first kappa shape index (κ1) is 13.5. The summed E-state index contributed by atoms with van der Waals surface area (Å²) in [7, 11) is 0. The molecule has 0 aromatic heterocycles. The van der Waals surface area contributed by atoms with E-state index in [1.165, 1.54) is 0 Å². The van der Waals surface area contributed by atoms with Crippen molar-refractivity contribution in [1.29, 1.82) is 0 Å². The van der Waals surface area contributed by atoms with E-state index in [9.17, 15) is 4.79 Å². The van der Waals surface area contributed by atoms with Gasteiger partial charge in [0.25, 0.3) is 0 Å². The molecule has 1 saturated heterocycles. The maximum Gasteiger partial charge on any atom is 0.176 e. The number of nitrogens with zero attached hydrogens (tertiary/aromatic N) is 1. The van der Waals surface area contributed by atoms with E-state index in [2.05, 4.69) is 18.7 Å². The molecule has 0 saturated carbocycles. The summed E-state index contributed by atoms with van der Waals surface area (Å²) in [6, 6.07) is 7.11. The van der Waals surface area contributed by atoms with Crippen LogP contribution in [0, 0.1) is 0 Å². The molecule has 0 bridgehead atoms. The predicted octanol–water partition coefficient (Wildman–Crippen LogP) is 2.63. The van der Waals surface area contributed by atoms with Crippen LogP contribution in [0.1, 0.15) is 24.2 Å². The Morgan fingerprint density at radius 2 is 2.28 bits per heavy atom. The third kappa shape index (κ3) is 3.10. The van der Waals surface area contributed by atoms with E-state index < -0.39 is 0 Å². The molecular formula is C14H18ClNO2. The molecule has 1 fully saturated rings. The maximum absolute atomic E-state index is 12.2. The number of Topliss-reactive ketones (excluding diaryl/α,β-unsaturated/α-hetero) is 1. The molecule has 98 valence electrons. The summed E-state index contributed by atoms with van der Waals surface area (Å²) in [6.45, 7) is 6.74. The van der Waals surface area contributed by atoms with Gasteiger partial charge in [-0.05, 0) is 26.0 Å². The Morgan fingerprint density at radius 1 is 1.50 bits per heavy atom. The van der Waals surface area contributed by atoms with Gasteiger partial charge in [-0.25, -0.2) is 0 Å². The van der Waals surface area contributed by atoms with E-state index in [0.29, 0.717) is 30.3 Å². The molecular weight excluding hydrogens is 250 g/mol. The molecule has 0 N–H and O–H groups in total. The number of halogens is 1. The highest BCUT2D eigenvalue weighted by Gasteiger charge is 2.31. The van der Waals surface area contributed by atoms with Crippen LogP contribution in [0.3, 0.4) is 0 Å². The second kappa shape index (κ2) is 5.39. The third-order valence-electron chi connectivity index (χ3n) is 3.30. The number of ketones is 1. The van der Waals surface area contributed by atoms with Crippen molar-refractivity contribution < 1.29 is 9.53 Å². The minimum Gasteiger partial charge on any atom is -0.378 e. The van der Waals surface area contributed by atoms with Crippen molar-refractivity contribution in [3.05, 3.63) is 34.9 Å². The van der Waals surface area contributed by atoms with Gasteiger partial charge in [-0.1, -0.05) is 23.7 Å². The Labute approximate surface area is 113 Å². The number of benzene rings is 1. The van der Waals surface area contributed by atoms with Crippen molar-refractivity contribution in [3.63, 3.8) is 0 Å². The van der Waals surface area contributed by atoms with Crippen molar-refractivity contribution in [2.75, 3.05) is 26.3 Å². The average Bonchev–Trinajstić information content (AvgIpc) is 2.31. The van der Waals surface area contributed by atoms with Crippen molar-refractivity contribution in [2.45, 2.75) is 19.4 Å². The van der Waals surface area contributed by atoms with Crippen molar-refractivity contribution in [3.8, 4) is 0 Å². The van der Waals surface area contributed by atoms with Gasteiger partial charge >= 0.3 is 0 Å². The molecule has 3 nitrogen and oxygen atoms in total. The molecule has 1 aliphatic heterocycles. The summed E-state index contributed by atoms with van der Waals surface area (Å²) >= 11 is 5.90. The maximum atomic E-state index is 12.2. The number of morpholine rings is 1. The third-order valence-corrected chi connectivity index (χ3v) is 3.53. The topological polar surface area (TPSA) is 29.5 Å². The second-order valence-electron chi connectivity index (χ2n) is 5.22. The Balaban J connectivity index is 2.07. The lowest BCUT2D eigenvalue weighted by Gasteiger charge is -2.41. The van der Waals surface area contributed by atoms with E-state index >= 15 is 0 Å². The molecule has 0 spiro atoms. The standard InChI is InChI=1S/C14H18ClNO2/c1-14(2)10-18-7-6-16(14)9-13(17)11-4-3-5-12(15)8-11/h3-5,8H,6-7,9-10H2,1-2H3. The van der Waals surface area contributed by atoms with Crippen LogP contribution in [0.15, 0.2) is 24.3 Å². The Morgan fingerprint density at radius 3 is 2.94 bits per heavy atom. The largest absolute Gasteiger partial charge is 0.378 e. The molecule has 0 radical (unpaired) electrons. The summed E-state index contributed by atoms with van der Waals surface area (Å²) in [5.41, 5.74) is 0.580. The molecule has 0 unspecified atom stereocenters. The van der Waals surface area contributed by atoms with E-state index in [-0.39, 0.29) is 11.3 Å². The number of carbonyl (C=O) groups excluding carboxylic acids is 1. The highest BCUT2D eigenvalue weighted by Crippen LogP contribution is 2.20. The molecule has 0 atom stereocenters. The van der Waals surface area contributed by atoms with Crippen LogP contribution >= 0.6 is 11.6 Å². The quantitative estimate of drug-likeness (QED) is 0.789. The lowest BCUT2D eigenvalue weighted by Crippen LogP contribution is -2.54. The SMILES string of the molecule is CC1(C)COCCN1CC(=O)c1cccc(Cl)c1. The first-order valence-corrected chi connectivity index (χ1v) is 6.48. The summed E-state index contributed by atoms with van der Waals surface area (Å²) in [5, 5.41) is 0.599. The number of ether oxygens (including phenoxy) is 1. The summed E-state index contributed by atoms with van der Waals surface area (Å²) in [5.74, 6) is 0.104. The van der Waals surface area contributed by atoms with E-state index in [0.717, 1.165) is 6.54 Å². The number of hydrogen-bond donors (Lipinski definition) is 0. The summed E-state index contributed by atoms with van der Waals surface area (Å²) in [4.78, 5) is 14.4. The van der Waals surface area contributed by atoms with Crippen LogP contribution in [0.5, 0.6) is 0 Å². The zero-order valence-electron chi connectivity index (χ0n) is 10.8. The molecule has 0 amide bonds. The monoisotopic (exact) mass is 267 g/mol. The van der Waals surface area contributed by atoms with Gasteiger partial charge in [-0.15, -0.1) is 0 Å². The van der Waals surface area contributed by atoms with E-state index in [1.807, 2.05) is 6.07 Å². The normalized spacial score (nSPS) is 19.7. The zero-order chi connectivity index (χ0) is 13.2. The fraction of sp³-hybridized carbons (Fsp3) is 0.500. The van der Waals surface area contributed by atoms with Gasteiger partial charge in [0.1, 0.15) is 0 Å². The first-order chi connectivity index (χ1) is 8.49. The second-order valence-corrected chi connectivity index (χ2v) is 5.66. The van der Waals surface area contributed by atoms with Gasteiger partial charge < -0.3 is 4.74 Å². The number of rotatable bonds is 3. The van der Waals surface area contributed by atoms with Crippen molar-refractivity contribution in [1.82, 2.24) is 4.90 Å². The molecule has 2 rings (SSSR count). The smallest absolute Gasteiger partial charge is 0.176 e. The van der Waals surface area contributed by atoms with Crippen LogP contribution in [0.4, 0.5) is 0 Å². The predicted molar refractivity (Wildman–Crippen MR) is 72.3 cm³/mol. The first-order valence-electron chi connectivity index (χ1n) is 6.10. The van der Waals surface area contributed by atoms with Crippen LogP contribution in [0.25, 0.3) is 0 Å². The summed E-state index contributed by atoms with van der Waals surface area (Å²) < 4.78 is 5.45. The van der Waals surface area contributed by atoms with Gasteiger partial charge in [-0.3, -0.25) is 9.69 Å². The molecule has 1 aromatic rings. The lowest BCUT2D eigenvalue weighted by atomic mass is 10.0. The Bertz CT molecular complexity index is 445. The van der Waals surface area contributed by atoms with Crippen molar-refractivity contribution >= 4 is 17.4 Å². The highest BCUT2D eigenvalue weighted by atomic mass is 35.5. The van der Waals surface area contributed by atoms with Gasteiger partial charge in [-0.2, -0.15) is 0 Å². The minimum atomic E-state index is -0.0908. The lowest BCUT2D eigenvalue weighted by molar-refractivity contribution is -0.0467. The molecule has 4 heteroatoms. The minimum absolute atomic E-state index is 0.0908. The Kier molecular flexibility index (Phi) is 4.05. The molecule has 1 heterocycles. The van der Waals surface area contributed by atoms with Crippen LogP contribution in [-0.2, 0) is 4.74 Å². The van der Waals surface area contributed by atoms with Gasteiger partial charge in [0, 0.05) is 22.7 Å². The molecule has 0 aliphatic carbocycles. The number of hydrogen-bond acceptors (Lipinski definition) is 3. The van der Waals surface area contributed by atoms with E-state index in [4.69, 9.17) is 16.3 Å². The molecule has 1 aromatic carbocycles. The van der Waals surface area contributed by atoms with Crippen LogP contribution < -0.4 is 0 Å². The molecule has 1 aliphatic rings. The van der Waals surface area contributed by atoms with Crippen molar-refractivity contribution in [2.24, 2.45) is 0 Å². The average molecular weight is 268 g/mol. The van der Waals surface area contributed by atoms with Crippen LogP contribution in [-0.4, -0.2) is 42.5 Å². The fourth-order valence-electron chi connectivity index (χ4n) is 2.11.